The summed E-state index contributed by atoms with van der Waals surface area (Å²) in [6.45, 7) is 4.16. The summed E-state index contributed by atoms with van der Waals surface area (Å²) < 4.78 is 0.0481. The Labute approximate surface area is 66.5 Å². The van der Waals surface area contributed by atoms with Gasteiger partial charge in [0.1, 0.15) is 0 Å². The van der Waals surface area contributed by atoms with Gasteiger partial charge in [0.05, 0.1) is 6.33 Å². The first-order valence-electron chi connectivity index (χ1n) is 3.27. The lowest BCUT2D eigenvalue weighted by molar-refractivity contribution is 0.702. The second-order valence-electron chi connectivity index (χ2n) is 3.07. The minimum Gasteiger partial charge on any atom is -0.348 e. The number of rotatable bonds is 2. The lowest BCUT2D eigenvalue weighted by atomic mass is 10.1. The van der Waals surface area contributed by atoms with Gasteiger partial charge in [0.15, 0.2) is 0 Å². The van der Waals surface area contributed by atoms with E-state index in [-0.39, 0.29) is 4.75 Å². The zero-order chi connectivity index (χ0) is 7.61. The predicted octanol–water partition coefficient (Wildman–Crippen LogP) is 1.66. The average molecular weight is 156 g/mol. The summed E-state index contributed by atoms with van der Waals surface area (Å²) in [4.78, 5) is 6.95. The summed E-state index contributed by atoms with van der Waals surface area (Å²) in [6.07, 6.45) is 4.45. The smallest absolute Gasteiger partial charge is 0.0921 e. The minimum atomic E-state index is 0.0481. The molecule has 0 bridgehead atoms. The molecular formula is C7H12N2S. The second-order valence-corrected chi connectivity index (χ2v) is 4.28. The van der Waals surface area contributed by atoms with Crippen LogP contribution < -0.4 is 0 Å². The van der Waals surface area contributed by atoms with Crippen molar-refractivity contribution in [1.29, 1.82) is 0 Å². The summed E-state index contributed by atoms with van der Waals surface area (Å²) in [7, 11) is 0. The Hall–Kier alpha value is -0.440. The van der Waals surface area contributed by atoms with Crippen LogP contribution in [0.3, 0.4) is 0 Å². The van der Waals surface area contributed by atoms with E-state index in [2.05, 4.69) is 36.4 Å². The first-order valence-corrected chi connectivity index (χ1v) is 3.72. The van der Waals surface area contributed by atoms with E-state index in [1.165, 1.54) is 0 Å². The molecule has 0 amide bonds. The molecule has 56 valence electrons. The van der Waals surface area contributed by atoms with Crippen LogP contribution in [0, 0.1) is 0 Å². The van der Waals surface area contributed by atoms with Gasteiger partial charge in [-0.1, -0.05) is 13.8 Å². The number of nitrogens with one attached hydrogen (secondary N) is 1. The number of thiol groups is 1. The Bertz CT molecular complexity index is 186. The Kier molecular flexibility index (Phi) is 2.04. The zero-order valence-electron chi connectivity index (χ0n) is 6.26. The van der Waals surface area contributed by atoms with E-state index in [9.17, 15) is 0 Å². The molecule has 0 radical (unpaired) electrons. The van der Waals surface area contributed by atoms with Crippen molar-refractivity contribution in [2.45, 2.75) is 25.0 Å². The number of hydrogen-bond acceptors (Lipinski definition) is 2. The topological polar surface area (TPSA) is 28.7 Å². The molecule has 0 saturated heterocycles. The van der Waals surface area contributed by atoms with Crippen LogP contribution in [0.1, 0.15) is 19.5 Å². The van der Waals surface area contributed by atoms with Crippen LogP contribution in [0.25, 0.3) is 0 Å². The second kappa shape index (κ2) is 2.66. The number of imidazole rings is 1. The summed E-state index contributed by atoms with van der Waals surface area (Å²) in [5.41, 5.74) is 1.14. The lowest BCUT2D eigenvalue weighted by Crippen LogP contribution is -2.14. The van der Waals surface area contributed by atoms with Crippen molar-refractivity contribution in [2.24, 2.45) is 0 Å². The minimum absolute atomic E-state index is 0.0481. The van der Waals surface area contributed by atoms with Gasteiger partial charge in [0, 0.05) is 23.1 Å². The van der Waals surface area contributed by atoms with Crippen LogP contribution in [0.15, 0.2) is 12.5 Å². The van der Waals surface area contributed by atoms with Gasteiger partial charge >= 0.3 is 0 Å². The lowest BCUT2D eigenvalue weighted by Gasteiger charge is -2.14. The highest BCUT2D eigenvalue weighted by Crippen LogP contribution is 2.16. The molecule has 1 aromatic heterocycles. The quantitative estimate of drug-likeness (QED) is 0.626. The van der Waals surface area contributed by atoms with Crippen LogP contribution in [-0.2, 0) is 6.42 Å². The number of aromatic amines is 1. The van der Waals surface area contributed by atoms with E-state index in [0.29, 0.717) is 0 Å². The fraction of sp³-hybridized carbons (Fsp3) is 0.571. The number of hydrogen-bond donors (Lipinski definition) is 2. The summed E-state index contributed by atoms with van der Waals surface area (Å²) in [5, 5.41) is 0. The number of nitrogens with zero attached hydrogens (tertiary/aromatic N) is 1. The molecule has 10 heavy (non-hydrogen) atoms. The van der Waals surface area contributed by atoms with Gasteiger partial charge in [-0.25, -0.2) is 4.98 Å². The van der Waals surface area contributed by atoms with Crippen molar-refractivity contribution >= 4 is 12.6 Å². The molecule has 0 spiro atoms. The van der Waals surface area contributed by atoms with E-state index in [1.54, 1.807) is 6.33 Å². The molecule has 0 aliphatic carbocycles. The van der Waals surface area contributed by atoms with Crippen LogP contribution in [0.2, 0.25) is 0 Å². The number of aromatic nitrogens is 2. The third-order valence-corrected chi connectivity index (χ3v) is 1.34. The van der Waals surface area contributed by atoms with Crippen molar-refractivity contribution in [3.8, 4) is 0 Å². The highest BCUT2D eigenvalue weighted by molar-refractivity contribution is 7.81. The van der Waals surface area contributed by atoms with E-state index >= 15 is 0 Å². The molecule has 0 aliphatic heterocycles. The first kappa shape index (κ1) is 7.66. The van der Waals surface area contributed by atoms with E-state index in [4.69, 9.17) is 0 Å². The molecule has 3 heteroatoms. The first-order chi connectivity index (χ1) is 4.58. The molecule has 2 nitrogen and oxygen atoms in total. The molecule has 1 N–H and O–H groups in total. The molecule has 0 atom stereocenters. The molecule has 1 heterocycles. The third kappa shape index (κ3) is 2.43. The molecule has 0 saturated carbocycles. The van der Waals surface area contributed by atoms with Gasteiger partial charge in [0.2, 0.25) is 0 Å². The van der Waals surface area contributed by atoms with Crippen molar-refractivity contribution in [1.82, 2.24) is 9.97 Å². The van der Waals surface area contributed by atoms with E-state index in [1.807, 2.05) is 6.20 Å². The van der Waals surface area contributed by atoms with Crippen LogP contribution in [0.4, 0.5) is 0 Å². The monoisotopic (exact) mass is 156 g/mol. The van der Waals surface area contributed by atoms with Gasteiger partial charge < -0.3 is 4.98 Å². The summed E-state index contributed by atoms with van der Waals surface area (Å²) in [6, 6.07) is 0. The van der Waals surface area contributed by atoms with Gasteiger partial charge in [0.25, 0.3) is 0 Å². The molecule has 0 aromatic carbocycles. The Balaban J connectivity index is 2.57. The van der Waals surface area contributed by atoms with Gasteiger partial charge in [-0.2, -0.15) is 12.6 Å². The molecule has 0 aliphatic rings. The maximum atomic E-state index is 4.39. The van der Waals surface area contributed by atoms with Crippen molar-refractivity contribution in [3.05, 3.63) is 18.2 Å². The fourth-order valence-corrected chi connectivity index (χ4v) is 1.02. The Morgan fingerprint density at radius 1 is 1.70 bits per heavy atom. The van der Waals surface area contributed by atoms with Crippen molar-refractivity contribution in [3.63, 3.8) is 0 Å². The predicted molar refractivity (Wildman–Crippen MR) is 45.4 cm³/mol. The highest BCUT2D eigenvalue weighted by Gasteiger charge is 2.12. The molecular weight excluding hydrogens is 144 g/mol. The van der Waals surface area contributed by atoms with Crippen LogP contribution in [0.5, 0.6) is 0 Å². The Morgan fingerprint density at radius 2 is 2.40 bits per heavy atom. The van der Waals surface area contributed by atoms with Gasteiger partial charge in [-0.3, -0.25) is 0 Å². The summed E-state index contributed by atoms with van der Waals surface area (Å²) in [5.74, 6) is 0. The van der Waals surface area contributed by atoms with E-state index < -0.39 is 0 Å². The van der Waals surface area contributed by atoms with Crippen LogP contribution in [-0.4, -0.2) is 14.7 Å². The third-order valence-electron chi connectivity index (χ3n) is 1.18. The SMILES string of the molecule is CC(C)(S)Cc1cnc[nH]1. The maximum Gasteiger partial charge on any atom is 0.0921 e. The normalized spacial score (nSPS) is 11.9. The highest BCUT2D eigenvalue weighted by atomic mass is 32.1. The largest absolute Gasteiger partial charge is 0.348 e. The van der Waals surface area contributed by atoms with Gasteiger partial charge in [-0.15, -0.1) is 0 Å². The summed E-state index contributed by atoms with van der Waals surface area (Å²) >= 11 is 4.39. The molecule has 0 unspecified atom stereocenters. The zero-order valence-corrected chi connectivity index (χ0v) is 7.15. The Morgan fingerprint density at radius 3 is 2.80 bits per heavy atom. The fourth-order valence-electron chi connectivity index (χ4n) is 0.847. The number of H-pyrrole nitrogens is 1. The molecule has 1 rings (SSSR count). The van der Waals surface area contributed by atoms with Crippen molar-refractivity contribution < 1.29 is 0 Å². The standard InChI is InChI=1S/C7H12N2S/c1-7(2,10)3-6-4-8-5-9-6/h4-5,10H,3H2,1-2H3,(H,8,9). The molecule has 1 aromatic rings. The van der Waals surface area contributed by atoms with Gasteiger partial charge in [-0.05, 0) is 0 Å². The van der Waals surface area contributed by atoms with Crippen molar-refractivity contribution in [2.75, 3.05) is 0 Å². The maximum absolute atomic E-state index is 4.39. The molecule has 0 fully saturated rings. The van der Waals surface area contributed by atoms with E-state index in [0.717, 1.165) is 12.1 Å². The average Bonchev–Trinajstić information content (AvgIpc) is 2.12. The van der Waals surface area contributed by atoms with Crippen LogP contribution >= 0.6 is 12.6 Å².